The van der Waals surface area contributed by atoms with E-state index in [1.54, 1.807) is 11.8 Å². The molecule has 1 aromatic heterocycles. The van der Waals surface area contributed by atoms with Crippen molar-refractivity contribution in [2.75, 3.05) is 24.6 Å². The predicted octanol–water partition coefficient (Wildman–Crippen LogP) is 2.86. The second kappa shape index (κ2) is 7.42. The standard InChI is InChI=1S/C19H27N3O3/c1-13(2)17-12-25-19(24)22(17)18-6-4-5-16(20-18)11-15-7-9-21(10-8-15)14(3)23/h4-6,13,15,17H,7-12H2,1-3H3/t17-/m1/s1. The third-order valence-corrected chi connectivity index (χ3v) is 5.27. The van der Waals surface area contributed by atoms with Gasteiger partial charge in [-0.25, -0.2) is 9.78 Å². The number of carbonyl (C=O) groups is 2. The number of cyclic esters (lactones) is 1. The van der Waals surface area contributed by atoms with E-state index in [1.807, 2.05) is 23.1 Å². The highest BCUT2D eigenvalue weighted by Crippen LogP contribution is 2.27. The minimum atomic E-state index is -0.307. The summed E-state index contributed by atoms with van der Waals surface area (Å²) in [6, 6.07) is 5.90. The zero-order chi connectivity index (χ0) is 18.0. The molecular weight excluding hydrogens is 318 g/mol. The molecule has 0 aliphatic carbocycles. The second-order valence-electron chi connectivity index (χ2n) is 7.40. The van der Waals surface area contributed by atoms with Gasteiger partial charge in [0, 0.05) is 25.7 Å². The lowest BCUT2D eigenvalue weighted by Gasteiger charge is -2.31. The minimum Gasteiger partial charge on any atom is -0.447 e. The van der Waals surface area contributed by atoms with Gasteiger partial charge in [0.25, 0.3) is 0 Å². The van der Waals surface area contributed by atoms with Gasteiger partial charge in [0.05, 0.1) is 6.04 Å². The molecule has 0 radical (unpaired) electrons. The molecule has 0 bridgehead atoms. The van der Waals surface area contributed by atoms with Crippen LogP contribution in [0.15, 0.2) is 18.2 Å². The van der Waals surface area contributed by atoms with Crippen molar-refractivity contribution in [3.05, 3.63) is 23.9 Å². The van der Waals surface area contributed by atoms with Gasteiger partial charge in [-0.3, -0.25) is 9.69 Å². The summed E-state index contributed by atoms with van der Waals surface area (Å²) in [6.45, 7) is 7.89. The number of ether oxygens (including phenoxy) is 1. The third kappa shape index (κ3) is 3.94. The molecule has 0 saturated carbocycles. The van der Waals surface area contributed by atoms with Crippen LogP contribution in [0, 0.1) is 11.8 Å². The summed E-state index contributed by atoms with van der Waals surface area (Å²) in [5.41, 5.74) is 1.00. The Morgan fingerprint density at radius 3 is 2.68 bits per heavy atom. The first kappa shape index (κ1) is 17.7. The summed E-state index contributed by atoms with van der Waals surface area (Å²) in [7, 11) is 0. The van der Waals surface area contributed by atoms with E-state index < -0.39 is 0 Å². The van der Waals surface area contributed by atoms with Gasteiger partial charge in [-0.05, 0) is 43.2 Å². The van der Waals surface area contributed by atoms with E-state index in [1.165, 1.54) is 0 Å². The first-order valence-corrected chi connectivity index (χ1v) is 9.13. The van der Waals surface area contributed by atoms with E-state index in [4.69, 9.17) is 9.72 Å². The Labute approximate surface area is 149 Å². The Balaban J connectivity index is 1.68. The van der Waals surface area contributed by atoms with E-state index in [0.717, 1.165) is 38.0 Å². The molecule has 2 fully saturated rings. The van der Waals surface area contributed by atoms with Gasteiger partial charge in [0.2, 0.25) is 5.91 Å². The number of pyridine rings is 1. The number of carbonyl (C=O) groups excluding carboxylic acids is 2. The Morgan fingerprint density at radius 2 is 2.04 bits per heavy atom. The first-order chi connectivity index (χ1) is 12.0. The molecule has 25 heavy (non-hydrogen) atoms. The maximum Gasteiger partial charge on any atom is 0.415 e. The maximum absolute atomic E-state index is 12.1. The monoisotopic (exact) mass is 345 g/mol. The highest BCUT2D eigenvalue weighted by Gasteiger charge is 2.37. The number of amides is 2. The molecule has 2 saturated heterocycles. The molecule has 1 aromatic rings. The van der Waals surface area contributed by atoms with Crippen LogP contribution in [0.2, 0.25) is 0 Å². The first-order valence-electron chi connectivity index (χ1n) is 9.13. The molecule has 6 heteroatoms. The van der Waals surface area contributed by atoms with Crippen LogP contribution in [0.25, 0.3) is 0 Å². The average Bonchev–Trinajstić information content (AvgIpc) is 2.97. The number of likely N-dealkylation sites (tertiary alicyclic amines) is 1. The normalized spacial score (nSPS) is 21.8. The smallest absolute Gasteiger partial charge is 0.415 e. The van der Waals surface area contributed by atoms with E-state index >= 15 is 0 Å². The van der Waals surface area contributed by atoms with Crippen molar-refractivity contribution in [1.29, 1.82) is 0 Å². The number of hydrogen-bond acceptors (Lipinski definition) is 4. The molecule has 1 atom stereocenters. The minimum absolute atomic E-state index is 0.0362. The molecule has 3 heterocycles. The predicted molar refractivity (Wildman–Crippen MR) is 95.4 cm³/mol. The number of piperidine rings is 1. The molecule has 2 aliphatic heterocycles. The molecular formula is C19H27N3O3. The lowest BCUT2D eigenvalue weighted by molar-refractivity contribution is -0.130. The molecule has 6 nitrogen and oxygen atoms in total. The highest BCUT2D eigenvalue weighted by atomic mass is 16.6. The summed E-state index contributed by atoms with van der Waals surface area (Å²) in [5, 5.41) is 0. The van der Waals surface area contributed by atoms with Crippen molar-refractivity contribution in [1.82, 2.24) is 9.88 Å². The molecule has 2 amide bonds. The highest BCUT2D eigenvalue weighted by molar-refractivity contribution is 5.89. The molecule has 0 spiro atoms. The average molecular weight is 345 g/mol. The SMILES string of the molecule is CC(=O)N1CCC(Cc2cccc(N3C(=O)OC[C@@H]3C(C)C)n2)CC1. The van der Waals surface area contributed by atoms with Crippen LogP contribution in [0.1, 0.15) is 39.3 Å². The fourth-order valence-corrected chi connectivity index (χ4v) is 3.65. The van der Waals surface area contributed by atoms with Crippen LogP contribution < -0.4 is 4.90 Å². The van der Waals surface area contributed by atoms with E-state index in [9.17, 15) is 9.59 Å². The summed E-state index contributed by atoms with van der Waals surface area (Å²) in [5.74, 6) is 1.68. The molecule has 0 unspecified atom stereocenters. The van der Waals surface area contributed by atoms with Crippen molar-refractivity contribution in [3.8, 4) is 0 Å². The topological polar surface area (TPSA) is 62.7 Å². The third-order valence-electron chi connectivity index (χ3n) is 5.27. The Morgan fingerprint density at radius 1 is 1.32 bits per heavy atom. The van der Waals surface area contributed by atoms with Crippen LogP contribution in [-0.4, -0.2) is 47.6 Å². The number of hydrogen-bond donors (Lipinski definition) is 0. The molecule has 136 valence electrons. The van der Waals surface area contributed by atoms with Crippen LogP contribution >= 0.6 is 0 Å². The largest absolute Gasteiger partial charge is 0.447 e. The number of rotatable bonds is 4. The van der Waals surface area contributed by atoms with Crippen molar-refractivity contribution in [3.63, 3.8) is 0 Å². The Kier molecular flexibility index (Phi) is 5.25. The van der Waals surface area contributed by atoms with Gasteiger partial charge in [-0.1, -0.05) is 19.9 Å². The van der Waals surface area contributed by atoms with Gasteiger partial charge >= 0.3 is 6.09 Å². The summed E-state index contributed by atoms with van der Waals surface area (Å²) in [4.78, 5) is 31.9. The molecule has 2 aliphatic rings. The molecule has 0 aromatic carbocycles. The van der Waals surface area contributed by atoms with Crippen LogP contribution in [0.4, 0.5) is 10.6 Å². The van der Waals surface area contributed by atoms with E-state index in [2.05, 4.69) is 13.8 Å². The zero-order valence-corrected chi connectivity index (χ0v) is 15.3. The van der Waals surface area contributed by atoms with Crippen LogP contribution in [0.3, 0.4) is 0 Å². The van der Waals surface area contributed by atoms with Gasteiger partial charge in [-0.2, -0.15) is 0 Å². The zero-order valence-electron chi connectivity index (χ0n) is 15.3. The number of nitrogens with zero attached hydrogens (tertiary/aromatic N) is 3. The van der Waals surface area contributed by atoms with Crippen LogP contribution in [0.5, 0.6) is 0 Å². The van der Waals surface area contributed by atoms with E-state index in [-0.39, 0.29) is 18.0 Å². The lowest BCUT2D eigenvalue weighted by atomic mass is 9.92. The summed E-state index contributed by atoms with van der Waals surface area (Å²) < 4.78 is 5.23. The molecule has 0 N–H and O–H groups in total. The maximum atomic E-state index is 12.1. The Hall–Kier alpha value is -2.11. The van der Waals surface area contributed by atoms with Gasteiger partial charge in [0.15, 0.2) is 0 Å². The summed E-state index contributed by atoms with van der Waals surface area (Å²) in [6.07, 6.45) is 2.59. The second-order valence-corrected chi connectivity index (χ2v) is 7.40. The van der Waals surface area contributed by atoms with Crippen molar-refractivity contribution < 1.29 is 14.3 Å². The summed E-state index contributed by atoms with van der Waals surface area (Å²) >= 11 is 0. The molecule has 3 rings (SSSR count). The van der Waals surface area contributed by atoms with Gasteiger partial charge < -0.3 is 9.64 Å². The fourth-order valence-electron chi connectivity index (χ4n) is 3.65. The van der Waals surface area contributed by atoms with Gasteiger partial charge in [0.1, 0.15) is 12.4 Å². The Bertz CT molecular complexity index is 639. The quantitative estimate of drug-likeness (QED) is 0.842. The van der Waals surface area contributed by atoms with Gasteiger partial charge in [-0.15, -0.1) is 0 Å². The van der Waals surface area contributed by atoms with Crippen molar-refractivity contribution in [2.24, 2.45) is 11.8 Å². The number of aromatic nitrogens is 1. The van der Waals surface area contributed by atoms with Crippen molar-refractivity contribution >= 4 is 17.8 Å². The van der Waals surface area contributed by atoms with Crippen molar-refractivity contribution in [2.45, 2.75) is 46.1 Å². The number of anilines is 1. The fraction of sp³-hybridized carbons (Fsp3) is 0.632. The van der Waals surface area contributed by atoms with Crippen LogP contribution in [-0.2, 0) is 16.0 Å². The lowest BCUT2D eigenvalue weighted by Crippen LogP contribution is -2.38. The van der Waals surface area contributed by atoms with E-state index in [0.29, 0.717) is 24.3 Å².